The number of hydrogen-bond acceptors (Lipinski definition) is 3. The first kappa shape index (κ1) is 54.4. The summed E-state index contributed by atoms with van der Waals surface area (Å²) < 4.78 is 2.38. The Labute approximate surface area is 490 Å². The molecule has 0 unspecified atom stereocenters. The molecule has 0 radical (unpaired) electrons. The Morgan fingerprint density at radius 3 is 1.50 bits per heavy atom. The van der Waals surface area contributed by atoms with Crippen molar-refractivity contribution in [2.24, 2.45) is 0 Å². The number of benzene rings is 9. The molecule has 0 saturated heterocycles. The number of aromatic nitrogens is 2. The Balaban J connectivity index is 0.00000675. The molecule has 12 rings (SSSR count). The predicted molar refractivity (Wildman–Crippen MR) is 336 cm³/mol. The zero-order valence-corrected chi connectivity index (χ0v) is 50.9. The second-order valence-electron chi connectivity index (χ2n) is 24.8. The SMILES string of the molecule is CC(C)(C)c1cc(N2[CH-]N(c3[c-]c([Si](c4[c-]c5c(cc4)c4cc(C(C)(C)C)ccc4n5-c4cc(C(C)(c5ccccc5)c5ccccc5)ccn4)(c4ccccc4)c4ccccc4)ccc3)c3ccccc32)cc(C(C)(C)C)c1.[Pt]. The monoisotopic (exact) mass is 1240 g/mol. The van der Waals surface area contributed by atoms with E-state index in [-0.39, 0.29) is 37.3 Å². The molecule has 1 aliphatic heterocycles. The van der Waals surface area contributed by atoms with Crippen LogP contribution in [0, 0.1) is 18.8 Å². The van der Waals surface area contributed by atoms with Crippen LogP contribution < -0.4 is 30.5 Å². The van der Waals surface area contributed by atoms with Gasteiger partial charge in [0.2, 0.25) is 0 Å². The zero-order valence-electron chi connectivity index (χ0n) is 47.6. The van der Waals surface area contributed by atoms with Crippen LogP contribution in [-0.4, -0.2) is 17.6 Å². The standard InChI is InChI=1S/C74H69N4Si.Pt/c1-71(2,3)54-38-41-66-65(47-54)64-40-39-63(50-69(64)78(66)70-48-55(42-43-75-70)74(10,52-26-15-11-16-27-52)53-28-17-12-18-29-53)79(60-31-19-13-20-32-60,61-33-21-14-22-34-61)62-35-25-30-58(49-62)76-51-77(68-37-24-23-36-67(68)76)59-45-56(72(4,5)6)44-57(46-59)73(7,8)9;/h11-48,51H,1-10H3;/q-3;. The molecule has 4 nitrogen and oxygen atoms in total. The van der Waals surface area contributed by atoms with Crippen molar-refractivity contribution in [2.45, 2.75) is 90.9 Å². The van der Waals surface area contributed by atoms with E-state index in [0.717, 1.165) is 60.9 Å². The van der Waals surface area contributed by atoms with E-state index < -0.39 is 13.5 Å². The maximum absolute atomic E-state index is 5.29. The smallest absolute Gasteiger partial charge is 0.135 e. The van der Waals surface area contributed by atoms with Gasteiger partial charge in [0.15, 0.2) is 0 Å². The minimum Gasteiger partial charge on any atom is -0.493 e. The molecule has 9 aromatic carbocycles. The van der Waals surface area contributed by atoms with Crippen LogP contribution in [0.25, 0.3) is 27.6 Å². The van der Waals surface area contributed by atoms with E-state index in [1.54, 1.807) is 0 Å². The summed E-state index contributed by atoms with van der Waals surface area (Å²) in [6.45, 7) is 25.4. The van der Waals surface area contributed by atoms with Gasteiger partial charge in [-0.25, -0.2) is 4.98 Å². The van der Waals surface area contributed by atoms with Crippen LogP contribution in [0.1, 0.15) is 103 Å². The van der Waals surface area contributed by atoms with Crippen molar-refractivity contribution >= 4 is 73.4 Å². The van der Waals surface area contributed by atoms with Gasteiger partial charge in [0.25, 0.3) is 0 Å². The van der Waals surface area contributed by atoms with Crippen LogP contribution in [0.3, 0.4) is 0 Å². The van der Waals surface area contributed by atoms with Crippen molar-refractivity contribution in [2.75, 3.05) is 9.80 Å². The Morgan fingerprint density at radius 1 is 0.412 bits per heavy atom. The van der Waals surface area contributed by atoms with Crippen molar-refractivity contribution < 1.29 is 21.1 Å². The molecule has 6 heteroatoms. The maximum atomic E-state index is 5.29. The Morgan fingerprint density at radius 2 is 0.938 bits per heavy atom. The van der Waals surface area contributed by atoms with Gasteiger partial charge in [-0.15, -0.1) is 17.7 Å². The average molecular weight is 1240 g/mol. The number of nitrogens with zero attached hydrogens (tertiary/aromatic N) is 4. The van der Waals surface area contributed by atoms with Crippen LogP contribution in [0.5, 0.6) is 0 Å². The van der Waals surface area contributed by atoms with Crippen molar-refractivity contribution in [3.05, 3.63) is 283 Å². The van der Waals surface area contributed by atoms with Gasteiger partial charge < -0.3 is 14.4 Å². The molecule has 0 fully saturated rings. The molecule has 402 valence electrons. The van der Waals surface area contributed by atoms with Gasteiger partial charge >= 0.3 is 0 Å². The summed E-state index contributed by atoms with van der Waals surface area (Å²) in [6, 6.07) is 91.6. The van der Waals surface area contributed by atoms with E-state index in [0.29, 0.717) is 0 Å². The van der Waals surface area contributed by atoms with Gasteiger partial charge in [-0.3, -0.25) is 0 Å². The van der Waals surface area contributed by atoms with Crippen LogP contribution in [0.2, 0.25) is 0 Å². The fraction of sp³-hybridized carbons (Fsp3) is 0.189. The molecular weight excluding hydrogens is 1170 g/mol. The topological polar surface area (TPSA) is 24.3 Å². The van der Waals surface area contributed by atoms with Crippen molar-refractivity contribution in [3.63, 3.8) is 0 Å². The number of para-hydroxylation sites is 2. The van der Waals surface area contributed by atoms with E-state index >= 15 is 0 Å². The summed E-state index contributed by atoms with van der Waals surface area (Å²) in [4.78, 5) is 10.00. The molecule has 0 aliphatic carbocycles. The number of pyridine rings is 1. The third-order valence-electron chi connectivity index (χ3n) is 16.6. The second-order valence-corrected chi connectivity index (χ2v) is 28.5. The molecule has 0 spiro atoms. The maximum Gasteiger partial charge on any atom is 0.135 e. The Bertz CT molecular complexity index is 3910. The normalized spacial score (nSPS) is 13.2. The van der Waals surface area contributed by atoms with Crippen LogP contribution in [0.4, 0.5) is 22.7 Å². The van der Waals surface area contributed by atoms with E-state index in [4.69, 9.17) is 4.98 Å². The minimum absolute atomic E-state index is 0. The summed E-state index contributed by atoms with van der Waals surface area (Å²) in [5.74, 6) is 0.850. The van der Waals surface area contributed by atoms with Gasteiger partial charge in [-0.1, -0.05) is 219 Å². The van der Waals surface area contributed by atoms with E-state index in [1.807, 2.05) is 6.20 Å². The molecule has 0 saturated carbocycles. The quantitative estimate of drug-likeness (QED) is 0.0775. The molecule has 0 atom stereocenters. The first-order valence-electron chi connectivity index (χ1n) is 27.9. The van der Waals surface area contributed by atoms with Gasteiger partial charge in [-0.2, -0.15) is 52.8 Å². The molecule has 1 aliphatic rings. The molecule has 80 heavy (non-hydrogen) atoms. The third kappa shape index (κ3) is 9.46. The predicted octanol–water partition coefficient (Wildman–Crippen LogP) is 15.8. The molecule has 0 N–H and O–H groups in total. The number of hydrogen-bond donors (Lipinski definition) is 0. The molecule has 11 aromatic rings. The van der Waals surface area contributed by atoms with Crippen molar-refractivity contribution in [1.29, 1.82) is 0 Å². The van der Waals surface area contributed by atoms with Gasteiger partial charge in [0, 0.05) is 55.3 Å². The van der Waals surface area contributed by atoms with Gasteiger partial charge in [-0.05, 0) is 115 Å². The minimum atomic E-state index is -3.27. The summed E-state index contributed by atoms with van der Waals surface area (Å²) in [5.41, 5.74) is 13.4. The largest absolute Gasteiger partial charge is 0.493 e. The van der Waals surface area contributed by atoms with Crippen molar-refractivity contribution in [1.82, 2.24) is 9.55 Å². The fourth-order valence-electron chi connectivity index (χ4n) is 12.0. The van der Waals surface area contributed by atoms with Crippen LogP contribution in [-0.2, 0) is 42.7 Å². The molecule has 0 bridgehead atoms. The Kier molecular flexibility index (Phi) is 14.2. The Hall–Kier alpha value is -7.56. The van der Waals surface area contributed by atoms with E-state index in [2.05, 4.69) is 327 Å². The van der Waals surface area contributed by atoms with Crippen LogP contribution in [0.15, 0.2) is 231 Å². The van der Waals surface area contributed by atoms with E-state index in [9.17, 15) is 0 Å². The van der Waals surface area contributed by atoms with Gasteiger partial charge in [0.1, 0.15) is 13.9 Å². The molecule has 3 heterocycles. The van der Waals surface area contributed by atoms with Gasteiger partial charge in [0.05, 0.1) is 0 Å². The number of anilines is 4. The molecular formula is C74H69N4PtSi-3. The number of fused-ring (bicyclic) bond motifs is 4. The third-order valence-corrected chi connectivity index (χ3v) is 21.2. The summed E-state index contributed by atoms with van der Waals surface area (Å²) in [6.07, 6.45) is 1.99. The van der Waals surface area contributed by atoms with Crippen LogP contribution >= 0.6 is 0 Å². The average Bonchev–Trinajstić information content (AvgIpc) is 4.14. The van der Waals surface area contributed by atoms with Crippen molar-refractivity contribution in [3.8, 4) is 5.82 Å². The first-order chi connectivity index (χ1) is 37.9. The fourth-order valence-corrected chi connectivity index (χ4v) is 16.6. The first-order valence-corrected chi connectivity index (χ1v) is 29.9. The second kappa shape index (κ2) is 20.8. The summed E-state index contributed by atoms with van der Waals surface area (Å²) in [7, 11) is -3.27. The number of rotatable bonds is 10. The summed E-state index contributed by atoms with van der Waals surface area (Å²) >= 11 is 0. The van der Waals surface area contributed by atoms with E-state index in [1.165, 1.54) is 43.6 Å². The summed E-state index contributed by atoms with van der Waals surface area (Å²) in [5, 5.41) is 7.12. The molecule has 0 amide bonds. The zero-order chi connectivity index (χ0) is 54.9. The molecule has 2 aromatic heterocycles.